The Bertz CT molecular complexity index is 632. The molecule has 0 aliphatic rings. The number of aromatic nitrogens is 1. The van der Waals surface area contributed by atoms with Crippen molar-refractivity contribution in [2.24, 2.45) is 0 Å². The van der Waals surface area contributed by atoms with Crippen LogP contribution in [0, 0.1) is 13.8 Å². The molecule has 0 saturated carbocycles. The lowest BCUT2D eigenvalue weighted by Gasteiger charge is -2.13. The Morgan fingerprint density at radius 3 is 2.70 bits per heavy atom. The van der Waals surface area contributed by atoms with Gasteiger partial charge in [0, 0.05) is 17.7 Å². The highest BCUT2D eigenvalue weighted by atomic mass is 79.9. The van der Waals surface area contributed by atoms with Crippen molar-refractivity contribution in [1.82, 2.24) is 4.98 Å². The lowest BCUT2D eigenvalue weighted by molar-refractivity contribution is 0.102. The van der Waals surface area contributed by atoms with E-state index in [2.05, 4.69) is 31.5 Å². The number of nitrogens with one attached hydrogen (secondary N) is 2. The van der Waals surface area contributed by atoms with E-state index >= 15 is 0 Å². The summed E-state index contributed by atoms with van der Waals surface area (Å²) in [6.45, 7) is 3.99. The Kier molecular flexibility index (Phi) is 4.39. The fraction of sp³-hybridized carbons (Fsp3) is 0.200. The van der Waals surface area contributed by atoms with Crippen molar-refractivity contribution in [3.63, 3.8) is 0 Å². The minimum Gasteiger partial charge on any atom is -0.372 e. The van der Waals surface area contributed by atoms with E-state index in [-0.39, 0.29) is 5.91 Å². The van der Waals surface area contributed by atoms with Gasteiger partial charge in [0.25, 0.3) is 5.91 Å². The number of nitrogens with zero attached hydrogens (tertiary/aromatic N) is 1. The first-order valence-corrected chi connectivity index (χ1v) is 7.03. The molecule has 1 heterocycles. The predicted octanol–water partition coefficient (Wildman–Crippen LogP) is 3.75. The summed E-state index contributed by atoms with van der Waals surface area (Å²) in [5.74, 6) is 0.376. The molecule has 0 saturated heterocycles. The second kappa shape index (κ2) is 6.05. The molecule has 0 bridgehead atoms. The Balaban J connectivity index is 2.33. The van der Waals surface area contributed by atoms with Crippen LogP contribution >= 0.6 is 15.9 Å². The van der Waals surface area contributed by atoms with E-state index < -0.39 is 0 Å². The first-order chi connectivity index (χ1) is 9.52. The predicted molar refractivity (Wildman–Crippen MR) is 85.4 cm³/mol. The van der Waals surface area contributed by atoms with E-state index in [1.807, 2.05) is 26.0 Å². The third-order valence-corrected chi connectivity index (χ3v) is 3.58. The normalized spacial score (nSPS) is 10.2. The highest BCUT2D eigenvalue weighted by molar-refractivity contribution is 9.10. The summed E-state index contributed by atoms with van der Waals surface area (Å²) in [7, 11) is 1.74. The smallest absolute Gasteiger partial charge is 0.259 e. The van der Waals surface area contributed by atoms with Crippen LogP contribution in [0.3, 0.4) is 0 Å². The van der Waals surface area contributed by atoms with Crippen molar-refractivity contribution >= 4 is 33.3 Å². The number of amides is 1. The van der Waals surface area contributed by atoms with Gasteiger partial charge in [0.15, 0.2) is 0 Å². The summed E-state index contributed by atoms with van der Waals surface area (Å²) in [4.78, 5) is 16.5. The number of benzene rings is 1. The maximum Gasteiger partial charge on any atom is 0.259 e. The standard InChI is InChI=1S/C15H16BrN3O/c1-9-7-10(2)13(12(16)8-9)19-15(20)11-5-4-6-18-14(11)17-3/h4-8H,1-3H3,(H,17,18)(H,19,20). The highest BCUT2D eigenvalue weighted by Gasteiger charge is 2.14. The van der Waals surface area contributed by atoms with Crippen LogP contribution in [0.5, 0.6) is 0 Å². The van der Waals surface area contributed by atoms with Gasteiger partial charge in [-0.25, -0.2) is 4.98 Å². The number of hydrogen-bond acceptors (Lipinski definition) is 3. The van der Waals surface area contributed by atoms with Crippen LogP contribution in [0.4, 0.5) is 11.5 Å². The number of anilines is 2. The molecule has 0 spiro atoms. The zero-order valence-electron chi connectivity index (χ0n) is 11.6. The van der Waals surface area contributed by atoms with Crippen LogP contribution in [0.2, 0.25) is 0 Å². The SMILES string of the molecule is CNc1ncccc1C(=O)Nc1c(C)cc(C)cc1Br. The summed E-state index contributed by atoms with van der Waals surface area (Å²) in [5, 5.41) is 5.85. The van der Waals surface area contributed by atoms with Crippen molar-refractivity contribution < 1.29 is 4.79 Å². The fourth-order valence-corrected chi connectivity index (χ4v) is 2.82. The Labute approximate surface area is 126 Å². The van der Waals surface area contributed by atoms with Gasteiger partial charge in [-0.3, -0.25) is 4.79 Å². The number of hydrogen-bond donors (Lipinski definition) is 2. The van der Waals surface area contributed by atoms with Crippen molar-refractivity contribution in [2.75, 3.05) is 17.7 Å². The molecular weight excluding hydrogens is 318 g/mol. The molecule has 20 heavy (non-hydrogen) atoms. The monoisotopic (exact) mass is 333 g/mol. The Morgan fingerprint density at radius 2 is 2.05 bits per heavy atom. The number of rotatable bonds is 3. The molecule has 2 aromatic rings. The van der Waals surface area contributed by atoms with Crippen molar-refractivity contribution in [2.45, 2.75) is 13.8 Å². The van der Waals surface area contributed by atoms with Crippen LogP contribution in [0.25, 0.3) is 0 Å². The van der Waals surface area contributed by atoms with Gasteiger partial charge in [-0.15, -0.1) is 0 Å². The number of pyridine rings is 1. The van der Waals surface area contributed by atoms with Crippen molar-refractivity contribution in [1.29, 1.82) is 0 Å². The van der Waals surface area contributed by atoms with Crippen LogP contribution in [0.15, 0.2) is 34.9 Å². The Morgan fingerprint density at radius 1 is 1.30 bits per heavy atom. The number of halogens is 1. The van der Waals surface area contributed by atoms with Crippen LogP contribution in [-0.4, -0.2) is 17.9 Å². The van der Waals surface area contributed by atoms with E-state index in [9.17, 15) is 4.79 Å². The van der Waals surface area contributed by atoms with Gasteiger partial charge in [0.2, 0.25) is 0 Å². The van der Waals surface area contributed by atoms with Gasteiger partial charge in [-0.2, -0.15) is 0 Å². The van der Waals surface area contributed by atoms with Gasteiger partial charge in [0.1, 0.15) is 5.82 Å². The van der Waals surface area contributed by atoms with E-state index in [4.69, 9.17) is 0 Å². The minimum atomic E-state index is -0.185. The number of carbonyl (C=O) groups excluding carboxylic acids is 1. The molecular formula is C15H16BrN3O. The third kappa shape index (κ3) is 2.99. The van der Waals surface area contributed by atoms with E-state index in [1.54, 1.807) is 25.4 Å². The number of carbonyl (C=O) groups is 1. The summed E-state index contributed by atoms with van der Waals surface area (Å²) < 4.78 is 0.873. The van der Waals surface area contributed by atoms with E-state index in [0.29, 0.717) is 11.4 Å². The average molecular weight is 334 g/mol. The molecule has 0 aliphatic carbocycles. The summed E-state index contributed by atoms with van der Waals surface area (Å²) in [6, 6.07) is 7.49. The average Bonchev–Trinajstić information content (AvgIpc) is 2.42. The molecule has 1 amide bonds. The van der Waals surface area contributed by atoms with Crippen molar-refractivity contribution in [3.8, 4) is 0 Å². The second-order valence-corrected chi connectivity index (χ2v) is 5.40. The molecule has 0 aliphatic heterocycles. The Hall–Kier alpha value is -1.88. The van der Waals surface area contributed by atoms with Crippen LogP contribution < -0.4 is 10.6 Å². The maximum atomic E-state index is 12.4. The maximum absolute atomic E-state index is 12.4. The zero-order valence-corrected chi connectivity index (χ0v) is 13.2. The van der Waals surface area contributed by atoms with Crippen LogP contribution in [0.1, 0.15) is 21.5 Å². The summed E-state index contributed by atoms with van der Waals surface area (Å²) in [6.07, 6.45) is 1.65. The molecule has 4 nitrogen and oxygen atoms in total. The zero-order chi connectivity index (χ0) is 14.7. The topological polar surface area (TPSA) is 54.0 Å². The first-order valence-electron chi connectivity index (χ1n) is 6.23. The van der Waals surface area contributed by atoms with Gasteiger partial charge < -0.3 is 10.6 Å². The molecule has 1 aromatic carbocycles. The summed E-state index contributed by atoms with van der Waals surface area (Å²) >= 11 is 3.49. The number of aryl methyl sites for hydroxylation is 2. The van der Waals surface area contributed by atoms with Gasteiger partial charge >= 0.3 is 0 Å². The second-order valence-electron chi connectivity index (χ2n) is 4.54. The van der Waals surface area contributed by atoms with Crippen LogP contribution in [-0.2, 0) is 0 Å². The third-order valence-electron chi connectivity index (χ3n) is 2.96. The minimum absolute atomic E-state index is 0.185. The first kappa shape index (κ1) is 14.5. The van der Waals surface area contributed by atoms with Gasteiger partial charge in [0.05, 0.1) is 11.3 Å². The molecule has 5 heteroatoms. The van der Waals surface area contributed by atoms with Crippen molar-refractivity contribution in [3.05, 3.63) is 51.6 Å². The molecule has 2 N–H and O–H groups in total. The molecule has 2 rings (SSSR count). The molecule has 104 valence electrons. The van der Waals surface area contributed by atoms with E-state index in [0.717, 1.165) is 21.3 Å². The van der Waals surface area contributed by atoms with E-state index in [1.165, 1.54) is 0 Å². The molecule has 0 radical (unpaired) electrons. The molecule has 1 aromatic heterocycles. The summed E-state index contributed by atoms with van der Waals surface area (Å²) in [5.41, 5.74) is 3.46. The largest absolute Gasteiger partial charge is 0.372 e. The molecule has 0 atom stereocenters. The fourth-order valence-electron chi connectivity index (χ4n) is 2.04. The lowest BCUT2D eigenvalue weighted by Crippen LogP contribution is -2.15. The molecule has 0 fully saturated rings. The van der Waals surface area contributed by atoms with Gasteiger partial charge in [-0.1, -0.05) is 6.07 Å². The van der Waals surface area contributed by atoms with Gasteiger partial charge in [-0.05, 0) is 59.1 Å². The molecule has 0 unspecified atom stereocenters. The quantitative estimate of drug-likeness (QED) is 0.899. The highest BCUT2D eigenvalue weighted by Crippen LogP contribution is 2.28. The lowest BCUT2D eigenvalue weighted by atomic mass is 10.1.